The molecule has 2 heterocycles. The Kier molecular flexibility index (Phi) is 6.32. The van der Waals surface area contributed by atoms with Crippen LogP contribution in [0.15, 0.2) is 84.0 Å². The lowest BCUT2D eigenvalue weighted by atomic mass is 10.0. The Hall–Kier alpha value is -3.85. The highest BCUT2D eigenvalue weighted by atomic mass is 32.2. The van der Waals surface area contributed by atoms with Gasteiger partial charge in [0.2, 0.25) is 6.54 Å². The minimum atomic E-state index is -3.61. The molecule has 1 N–H and O–H groups in total. The van der Waals surface area contributed by atoms with Gasteiger partial charge in [0.15, 0.2) is 9.84 Å². The lowest BCUT2D eigenvalue weighted by Gasteiger charge is -2.05. The van der Waals surface area contributed by atoms with Crippen LogP contribution in [0.25, 0.3) is 33.6 Å². The van der Waals surface area contributed by atoms with Crippen molar-refractivity contribution in [3.8, 4) is 33.6 Å². The van der Waals surface area contributed by atoms with E-state index in [2.05, 4.69) is 9.97 Å². The van der Waals surface area contributed by atoms with Crippen LogP contribution in [0.3, 0.4) is 0 Å². The quantitative estimate of drug-likeness (QED) is 0.291. The van der Waals surface area contributed by atoms with E-state index in [1.54, 1.807) is 36.7 Å². The van der Waals surface area contributed by atoms with E-state index >= 15 is 0 Å². The Labute approximate surface area is 190 Å². The highest BCUT2D eigenvalue weighted by molar-refractivity contribution is 7.91. The van der Waals surface area contributed by atoms with Crippen LogP contribution in [0.1, 0.15) is 6.42 Å². The van der Waals surface area contributed by atoms with E-state index in [0.717, 1.165) is 33.6 Å². The zero-order valence-corrected chi connectivity index (χ0v) is 18.3. The predicted molar refractivity (Wildman–Crippen MR) is 123 cm³/mol. The molecule has 2 aromatic carbocycles. The van der Waals surface area contributed by atoms with Gasteiger partial charge in [0.1, 0.15) is 5.82 Å². The summed E-state index contributed by atoms with van der Waals surface area (Å²) in [6, 6.07) is 18.3. The lowest BCUT2D eigenvalue weighted by molar-refractivity contribution is -0.479. The molecule has 0 radical (unpaired) electrons. The van der Waals surface area contributed by atoms with E-state index < -0.39 is 14.8 Å². The predicted octanol–water partition coefficient (Wildman–Crippen LogP) is 4.99. The van der Waals surface area contributed by atoms with E-state index in [1.807, 2.05) is 18.2 Å². The molecule has 0 saturated heterocycles. The van der Waals surface area contributed by atoms with Crippen LogP contribution >= 0.6 is 0 Å². The summed E-state index contributed by atoms with van der Waals surface area (Å²) in [6.07, 6.45) is 3.34. The summed E-state index contributed by atoms with van der Waals surface area (Å²) in [5.41, 5.74) is 4.96. The molecule has 2 aromatic heterocycles. The normalized spacial score (nSPS) is 11.4. The number of halogens is 1. The molecule has 4 aromatic rings. The number of nitrogens with one attached hydrogen (secondary N) is 1. The minimum Gasteiger partial charge on any atom is -0.354 e. The standard InChI is InChI=1S/C24H20FN3O4S/c25-20-6-2-19(3-7-20)24-22(17-10-12-26-13-11-17)16-23(27-24)18-4-8-21(9-5-18)33(31,32)15-1-14-28(29)30/h2-13,16,27H,1,14-15H2. The summed E-state index contributed by atoms with van der Waals surface area (Å²) in [7, 11) is -3.61. The van der Waals surface area contributed by atoms with Gasteiger partial charge in [0, 0.05) is 35.0 Å². The minimum absolute atomic E-state index is 0.0377. The maximum Gasteiger partial charge on any atom is 0.204 e. The third kappa shape index (κ3) is 5.15. The molecule has 0 atom stereocenters. The second-order valence-corrected chi connectivity index (χ2v) is 9.58. The highest BCUT2D eigenvalue weighted by Gasteiger charge is 2.17. The molecule has 0 aliphatic rings. The molecule has 7 nitrogen and oxygen atoms in total. The Morgan fingerprint density at radius 1 is 0.909 bits per heavy atom. The van der Waals surface area contributed by atoms with Crippen LogP contribution in [-0.4, -0.2) is 35.6 Å². The third-order valence-electron chi connectivity index (χ3n) is 5.22. The lowest BCUT2D eigenvalue weighted by Crippen LogP contribution is -2.11. The van der Waals surface area contributed by atoms with Gasteiger partial charge in [-0.1, -0.05) is 12.1 Å². The van der Waals surface area contributed by atoms with E-state index in [-0.39, 0.29) is 29.4 Å². The fraction of sp³-hybridized carbons (Fsp3) is 0.125. The first kappa shape index (κ1) is 22.3. The van der Waals surface area contributed by atoms with Gasteiger partial charge in [0.05, 0.1) is 16.3 Å². The molecule has 0 aliphatic carbocycles. The zero-order chi connectivity index (χ0) is 23.4. The number of hydrogen-bond donors (Lipinski definition) is 1. The fourth-order valence-corrected chi connectivity index (χ4v) is 4.85. The van der Waals surface area contributed by atoms with Crippen molar-refractivity contribution in [1.82, 2.24) is 9.97 Å². The van der Waals surface area contributed by atoms with E-state index in [4.69, 9.17) is 0 Å². The number of aromatic amines is 1. The largest absolute Gasteiger partial charge is 0.354 e. The summed E-state index contributed by atoms with van der Waals surface area (Å²) < 4.78 is 38.3. The van der Waals surface area contributed by atoms with Gasteiger partial charge >= 0.3 is 0 Å². The molecule has 0 fully saturated rings. The Balaban J connectivity index is 1.68. The molecule has 4 rings (SSSR count). The van der Waals surface area contributed by atoms with Gasteiger partial charge in [-0.2, -0.15) is 0 Å². The summed E-state index contributed by atoms with van der Waals surface area (Å²) in [5.74, 6) is -0.609. The van der Waals surface area contributed by atoms with Crippen LogP contribution in [0, 0.1) is 15.9 Å². The van der Waals surface area contributed by atoms with Gasteiger partial charge in [-0.3, -0.25) is 15.1 Å². The van der Waals surface area contributed by atoms with E-state index in [1.165, 1.54) is 24.3 Å². The summed E-state index contributed by atoms with van der Waals surface area (Å²) in [4.78, 5) is 17.5. The number of nitrogens with zero attached hydrogens (tertiary/aromatic N) is 2. The van der Waals surface area contributed by atoms with Crippen LogP contribution < -0.4 is 0 Å². The SMILES string of the molecule is O=[N+]([O-])CCCS(=O)(=O)c1ccc(-c2cc(-c3ccncc3)c(-c3ccc(F)cc3)[nH]2)cc1. The second-order valence-electron chi connectivity index (χ2n) is 7.47. The van der Waals surface area contributed by atoms with Crippen LogP contribution in [0.5, 0.6) is 0 Å². The molecule has 168 valence electrons. The molecular formula is C24H20FN3O4S. The van der Waals surface area contributed by atoms with Gasteiger partial charge in [0.25, 0.3) is 0 Å². The average Bonchev–Trinajstić information content (AvgIpc) is 3.25. The monoisotopic (exact) mass is 465 g/mol. The van der Waals surface area contributed by atoms with Crippen molar-refractivity contribution in [3.63, 3.8) is 0 Å². The van der Waals surface area contributed by atoms with Crippen molar-refractivity contribution in [1.29, 1.82) is 0 Å². The maximum atomic E-state index is 13.4. The number of sulfone groups is 1. The topological polar surface area (TPSA) is 106 Å². The van der Waals surface area contributed by atoms with Gasteiger partial charge < -0.3 is 4.98 Å². The van der Waals surface area contributed by atoms with Crippen molar-refractivity contribution in [2.24, 2.45) is 0 Å². The van der Waals surface area contributed by atoms with E-state index in [0.29, 0.717) is 0 Å². The second kappa shape index (κ2) is 9.33. The van der Waals surface area contributed by atoms with Gasteiger partial charge in [-0.05, 0) is 71.3 Å². The summed E-state index contributed by atoms with van der Waals surface area (Å²) in [5, 5.41) is 10.5. The fourth-order valence-electron chi connectivity index (χ4n) is 3.56. The number of benzene rings is 2. The molecule has 0 saturated carbocycles. The van der Waals surface area contributed by atoms with Gasteiger partial charge in [-0.25, -0.2) is 12.8 Å². The summed E-state index contributed by atoms with van der Waals surface area (Å²) in [6.45, 7) is -0.385. The third-order valence-corrected chi connectivity index (χ3v) is 7.04. The molecule has 0 spiro atoms. The molecule has 33 heavy (non-hydrogen) atoms. The number of H-pyrrole nitrogens is 1. The number of aromatic nitrogens is 2. The summed E-state index contributed by atoms with van der Waals surface area (Å²) >= 11 is 0. The number of hydrogen-bond acceptors (Lipinski definition) is 5. The molecule has 0 bridgehead atoms. The average molecular weight is 466 g/mol. The number of nitro groups is 1. The van der Waals surface area contributed by atoms with Gasteiger partial charge in [-0.15, -0.1) is 0 Å². The van der Waals surface area contributed by atoms with Crippen molar-refractivity contribution in [3.05, 3.63) is 95.1 Å². The van der Waals surface area contributed by atoms with E-state index in [9.17, 15) is 22.9 Å². The molecule has 0 unspecified atom stereocenters. The van der Waals surface area contributed by atoms with Crippen molar-refractivity contribution in [2.75, 3.05) is 12.3 Å². The first-order valence-electron chi connectivity index (χ1n) is 10.2. The van der Waals surface area contributed by atoms with Crippen LogP contribution in [0.4, 0.5) is 4.39 Å². The smallest absolute Gasteiger partial charge is 0.204 e. The van der Waals surface area contributed by atoms with Crippen molar-refractivity contribution in [2.45, 2.75) is 11.3 Å². The van der Waals surface area contributed by atoms with Crippen molar-refractivity contribution < 1.29 is 17.7 Å². The maximum absolute atomic E-state index is 13.4. The highest BCUT2D eigenvalue weighted by Crippen LogP contribution is 2.36. The van der Waals surface area contributed by atoms with Crippen molar-refractivity contribution >= 4 is 9.84 Å². The zero-order valence-electron chi connectivity index (χ0n) is 17.4. The molecule has 9 heteroatoms. The first-order chi connectivity index (χ1) is 15.8. The Morgan fingerprint density at radius 2 is 1.55 bits per heavy atom. The molecular weight excluding hydrogens is 445 g/mol. The first-order valence-corrected chi connectivity index (χ1v) is 11.8. The van der Waals surface area contributed by atoms with Crippen LogP contribution in [0.2, 0.25) is 0 Å². The molecule has 0 amide bonds. The number of rotatable bonds is 8. The van der Waals surface area contributed by atoms with Crippen LogP contribution in [-0.2, 0) is 9.84 Å². The number of pyridine rings is 1. The Morgan fingerprint density at radius 3 is 2.18 bits per heavy atom. The Bertz CT molecular complexity index is 1370. The molecule has 0 aliphatic heterocycles.